The van der Waals surface area contributed by atoms with E-state index >= 15 is 0 Å². The topological polar surface area (TPSA) is 29.1 Å². The van der Waals surface area contributed by atoms with Gasteiger partial charge in [0.25, 0.3) is 0 Å². The average molecular weight is 423 g/mol. The third-order valence-electron chi connectivity index (χ3n) is 5.14. The predicted molar refractivity (Wildman–Crippen MR) is 116 cm³/mol. The molecule has 0 heterocycles. The summed E-state index contributed by atoms with van der Waals surface area (Å²) in [5, 5.41) is 3.43. The molecule has 3 rings (SSSR count). The lowest BCUT2D eigenvalue weighted by atomic mass is 9.92. The summed E-state index contributed by atoms with van der Waals surface area (Å²) in [5.41, 5.74) is 1.84. The third-order valence-corrected chi connectivity index (χ3v) is 5.14. The van der Waals surface area contributed by atoms with E-state index in [-0.39, 0.29) is 18.0 Å². The Morgan fingerprint density at radius 1 is 0.871 bits per heavy atom. The van der Waals surface area contributed by atoms with E-state index in [0.717, 1.165) is 17.2 Å². The Labute approximate surface area is 180 Å². The van der Waals surface area contributed by atoms with Gasteiger partial charge in [-0.25, -0.2) is 0 Å². The van der Waals surface area contributed by atoms with Gasteiger partial charge in [-0.3, -0.25) is 10.1 Å². The molecule has 0 saturated carbocycles. The van der Waals surface area contributed by atoms with Crippen LogP contribution in [0.5, 0.6) is 0 Å². The van der Waals surface area contributed by atoms with Gasteiger partial charge in [-0.2, -0.15) is 13.2 Å². The van der Waals surface area contributed by atoms with Gasteiger partial charge in [0.1, 0.15) is 6.29 Å². The molecule has 1 atom stereocenters. The smallest absolute Gasteiger partial charge is 0.299 e. The molecule has 0 saturated heterocycles. The Morgan fingerprint density at radius 2 is 1.39 bits per heavy atom. The van der Waals surface area contributed by atoms with Crippen molar-refractivity contribution in [3.63, 3.8) is 0 Å². The first-order chi connectivity index (χ1) is 14.9. The summed E-state index contributed by atoms with van der Waals surface area (Å²) in [6.45, 7) is 1.64. The summed E-state index contributed by atoms with van der Waals surface area (Å²) < 4.78 is 41.3. The summed E-state index contributed by atoms with van der Waals surface area (Å²) >= 11 is 0. The maximum atomic E-state index is 13.8. The highest BCUT2D eigenvalue weighted by molar-refractivity contribution is 5.72. The van der Waals surface area contributed by atoms with Crippen molar-refractivity contribution in [3.8, 4) is 0 Å². The molecule has 1 unspecified atom stereocenters. The first-order valence-electron chi connectivity index (χ1n) is 10.0. The summed E-state index contributed by atoms with van der Waals surface area (Å²) in [4.78, 5) is 11.1. The van der Waals surface area contributed by atoms with Crippen LogP contribution in [0.2, 0.25) is 0 Å². The molecule has 0 spiro atoms. The van der Waals surface area contributed by atoms with Gasteiger partial charge in [0, 0.05) is 6.04 Å². The monoisotopic (exact) mass is 423 g/mol. The van der Waals surface area contributed by atoms with Gasteiger partial charge in [0.2, 0.25) is 0 Å². The predicted octanol–water partition coefficient (Wildman–Crippen LogP) is 6.66. The van der Waals surface area contributed by atoms with Crippen LogP contribution in [0.15, 0.2) is 96.6 Å². The van der Waals surface area contributed by atoms with Crippen molar-refractivity contribution in [3.05, 3.63) is 119 Å². The zero-order chi connectivity index (χ0) is 22.3. The van der Waals surface area contributed by atoms with E-state index in [1.807, 2.05) is 60.7 Å². The van der Waals surface area contributed by atoms with E-state index < -0.39 is 17.8 Å². The number of benzene rings is 3. The van der Waals surface area contributed by atoms with Gasteiger partial charge in [0.15, 0.2) is 0 Å². The van der Waals surface area contributed by atoms with Crippen LogP contribution in [0, 0.1) is 0 Å². The Morgan fingerprint density at radius 3 is 1.90 bits per heavy atom. The average Bonchev–Trinajstić information content (AvgIpc) is 2.79. The number of aldehydes is 1. The van der Waals surface area contributed by atoms with Gasteiger partial charge >= 0.3 is 6.18 Å². The first kappa shape index (κ1) is 22.5. The first-order valence-corrected chi connectivity index (χ1v) is 10.0. The SMILES string of the molecule is C/C(C=O)=C\CC(NC(c1ccccc1)c1ccccc1)c1ccccc1C(F)(F)F. The van der Waals surface area contributed by atoms with Crippen LogP contribution in [0.3, 0.4) is 0 Å². The number of allylic oxidation sites excluding steroid dienone is 1. The number of carbonyl (C=O) groups excluding carboxylic acids is 1. The zero-order valence-corrected chi connectivity index (χ0v) is 17.1. The number of carbonyl (C=O) groups is 1. The number of alkyl halides is 3. The molecule has 0 aliphatic heterocycles. The molecule has 5 heteroatoms. The third kappa shape index (κ3) is 5.92. The van der Waals surface area contributed by atoms with Crippen LogP contribution in [0.25, 0.3) is 0 Å². The van der Waals surface area contributed by atoms with E-state index in [1.165, 1.54) is 12.1 Å². The molecule has 0 bridgehead atoms. The van der Waals surface area contributed by atoms with Crippen molar-refractivity contribution in [1.29, 1.82) is 0 Å². The summed E-state index contributed by atoms with van der Waals surface area (Å²) in [6.07, 6.45) is -1.85. The number of nitrogens with one attached hydrogen (secondary N) is 1. The van der Waals surface area contributed by atoms with E-state index in [4.69, 9.17) is 0 Å². The minimum atomic E-state index is -4.48. The quantitative estimate of drug-likeness (QED) is 0.324. The number of hydrogen-bond acceptors (Lipinski definition) is 2. The molecule has 2 nitrogen and oxygen atoms in total. The van der Waals surface area contributed by atoms with Gasteiger partial charge in [-0.15, -0.1) is 0 Å². The highest BCUT2D eigenvalue weighted by atomic mass is 19.4. The molecule has 3 aromatic rings. The van der Waals surface area contributed by atoms with Crippen molar-refractivity contribution in [2.24, 2.45) is 0 Å². The second-order valence-corrected chi connectivity index (χ2v) is 7.36. The van der Waals surface area contributed by atoms with Crippen LogP contribution in [-0.4, -0.2) is 6.29 Å². The Kier molecular flexibility index (Phi) is 7.42. The fourth-order valence-corrected chi connectivity index (χ4v) is 3.57. The number of rotatable bonds is 8. The van der Waals surface area contributed by atoms with E-state index in [0.29, 0.717) is 11.9 Å². The normalized spacial score (nSPS) is 13.3. The van der Waals surface area contributed by atoms with Gasteiger partial charge in [-0.05, 0) is 41.7 Å². The second-order valence-electron chi connectivity index (χ2n) is 7.36. The van der Waals surface area contributed by atoms with Crippen LogP contribution in [0.4, 0.5) is 13.2 Å². The number of halogens is 3. The second kappa shape index (κ2) is 10.2. The number of hydrogen-bond donors (Lipinski definition) is 1. The minimum absolute atomic E-state index is 0.154. The van der Waals surface area contributed by atoms with Crippen LogP contribution in [-0.2, 0) is 11.0 Å². The maximum Gasteiger partial charge on any atom is 0.416 e. The minimum Gasteiger partial charge on any atom is -0.299 e. The molecule has 0 aliphatic carbocycles. The molecule has 0 amide bonds. The Hall–Kier alpha value is -3.18. The van der Waals surface area contributed by atoms with E-state index in [1.54, 1.807) is 19.1 Å². The fraction of sp³-hybridized carbons (Fsp3) is 0.192. The van der Waals surface area contributed by atoms with Crippen molar-refractivity contribution in [2.45, 2.75) is 31.6 Å². The van der Waals surface area contributed by atoms with Crippen molar-refractivity contribution in [2.75, 3.05) is 0 Å². The van der Waals surface area contributed by atoms with Gasteiger partial charge in [-0.1, -0.05) is 84.9 Å². The Balaban J connectivity index is 2.08. The maximum absolute atomic E-state index is 13.8. The molecular weight excluding hydrogens is 399 g/mol. The van der Waals surface area contributed by atoms with Crippen LogP contribution in [0.1, 0.15) is 47.7 Å². The molecule has 0 fully saturated rings. The van der Waals surface area contributed by atoms with Gasteiger partial charge < -0.3 is 0 Å². The molecule has 1 N–H and O–H groups in total. The molecule has 0 aliphatic rings. The highest BCUT2D eigenvalue weighted by Gasteiger charge is 2.35. The van der Waals surface area contributed by atoms with Gasteiger partial charge in [0.05, 0.1) is 11.6 Å². The lowest BCUT2D eigenvalue weighted by molar-refractivity contribution is -0.138. The zero-order valence-electron chi connectivity index (χ0n) is 17.1. The van der Waals surface area contributed by atoms with Crippen LogP contribution < -0.4 is 5.32 Å². The molecule has 3 aromatic carbocycles. The lowest BCUT2D eigenvalue weighted by Gasteiger charge is -2.28. The highest BCUT2D eigenvalue weighted by Crippen LogP contribution is 2.37. The molecule has 0 radical (unpaired) electrons. The fourth-order valence-electron chi connectivity index (χ4n) is 3.57. The Bertz CT molecular complexity index is 974. The molecule has 31 heavy (non-hydrogen) atoms. The lowest BCUT2D eigenvalue weighted by Crippen LogP contribution is -2.29. The summed E-state index contributed by atoms with van der Waals surface area (Å²) in [6, 6.07) is 23.8. The van der Waals surface area contributed by atoms with Crippen LogP contribution >= 0.6 is 0 Å². The summed E-state index contributed by atoms with van der Waals surface area (Å²) in [5.74, 6) is 0. The van der Waals surface area contributed by atoms with E-state index in [9.17, 15) is 18.0 Å². The molecule has 0 aromatic heterocycles. The standard InChI is InChI=1S/C26H24F3NO/c1-19(18-31)16-17-24(22-14-8-9-15-23(22)26(27,28)29)30-25(20-10-4-2-5-11-20)21-12-6-3-7-13-21/h2-16,18,24-25,30H,17H2,1H3/b19-16+. The largest absolute Gasteiger partial charge is 0.416 e. The van der Waals surface area contributed by atoms with Crippen molar-refractivity contribution in [1.82, 2.24) is 5.32 Å². The van der Waals surface area contributed by atoms with Crippen molar-refractivity contribution >= 4 is 6.29 Å². The molecule has 160 valence electrons. The van der Waals surface area contributed by atoms with E-state index in [2.05, 4.69) is 5.32 Å². The van der Waals surface area contributed by atoms with Crippen molar-refractivity contribution < 1.29 is 18.0 Å². The summed E-state index contributed by atoms with van der Waals surface area (Å²) in [7, 11) is 0. The molecular formula is C26H24F3NO.